The van der Waals surface area contributed by atoms with Gasteiger partial charge in [0, 0.05) is 27.6 Å². The fourth-order valence-corrected chi connectivity index (χ4v) is 8.82. The van der Waals surface area contributed by atoms with Crippen molar-refractivity contribution in [3.63, 3.8) is 0 Å². The van der Waals surface area contributed by atoms with Crippen molar-refractivity contribution in [1.82, 2.24) is 9.97 Å². The van der Waals surface area contributed by atoms with Gasteiger partial charge in [0.2, 0.25) is 0 Å². The zero-order valence-corrected chi connectivity index (χ0v) is 30.2. The SMILES string of the molecule is C1=CCC(c2nc(-c3ccccc3)nc3c2oc2cc(-c4ccc5oc6ccc(-c7ccc8c9ccccc9c9ccccc9c8c7)cc6c5c4)ccc23)C=C1. The molecule has 0 saturated carbocycles. The van der Waals surface area contributed by atoms with E-state index in [1.54, 1.807) is 0 Å². The summed E-state index contributed by atoms with van der Waals surface area (Å²) in [5.74, 6) is 0.827. The van der Waals surface area contributed by atoms with E-state index in [1.807, 2.05) is 18.2 Å². The molecule has 1 atom stereocenters. The van der Waals surface area contributed by atoms with Gasteiger partial charge in [-0.1, -0.05) is 133 Å². The highest BCUT2D eigenvalue weighted by molar-refractivity contribution is 6.25. The Kier molecular flexibility index (Phi) is 6.72. The number of hydrogen-bond donors (Lipinski definition) is 0. The van der Waals surface area contributed by atoms with Crippen LogP contribution in [0.5, 0.6) is 0 Å². The van der Waals surface area contributed by atoms with Crippen LogP contribution in [0.4, 0.5) is 0 Å². The molecule has 1 aliphatic rings. The van der Waals surface area contributed by atoms with Gasteiger partial charge in [-0.25, -0.2) is 9.97 Å². The normalized spacial score (nSPS) is 14.4. The maximum atomic E-state index is 6.68. The topological polar surface area (TPSA) is 52.1 Å². The summed E-state index contributed by atoms with van der Waals surface area (Å²) in [7, 11) is 0. The average molecular weight is 717 g/mol. The molecular formula is C52H32N2O2. The first-order valence-electron chi connectivity index (χ1n) is 19.2. The Morgan fingerprint density at radius 3 is 1.61 bits per heavy atom. The molecule has 0 aliphatic heterocycles. The van der Waals surface area contributed by atoms with Crippen LogP contribution in [0.1, 0.15) is 18.0 Å². The predicted octanol–water partition coefficient (Wildman–Crippen LogP) is 14.3. The van der Waals surface area contributed by atoms with Gasteiger partial charge in [0.1, 0.15) is 22.3 Å². The second kappa shape index (κ2) is 12.1. The van der Waals surface area contributed by atoms with Crippen molar-refractivity contribution in [2.75, 3.05) is 0 Å². The van der Waals surface area contributed by atoms with Crippen molar-refractivity contribution < 1.29 is 8.83 Å². The summed E-state index contributed by atoms with van der Waals surface area (Å²) in [4.78, 5) is 10.2. The van der Waals surface area contributed by atoms with Gasteiger partial charge in [0.15, 0.2) is 11.4 Å². The number of fused-ring (bicyclic) bond motifs is 12. The molecule has 11 aromatic rings. The highest BCUT2D eigenvalue weighted by Crippen LogP contribution is 2.41. The maximum absolute atomic E-state index is 6.68. The first kappa shape index (κ1) is 31.1. The van der Waals surface area contributed by atoms with Gasteiger partial charge in [0.25, 0.3) is 0 Å². The number of nitrogens with zero attached hydrogens (tertiary/aromatic N) is 2. The molecule has 0 spiro atoms. The van der Waals surface area contributed by atoms with Gasteiger partial charge >= 0.3 is 0 Å². The van der Waals surface area contributed by atoms with E-state index in [9.17, 15) is 0 Å². The lowest BCUT2D eigenvalue weighted by atomic mass is 9.92. The standard InChI is InChI=1S/C52H32N2O2/c1-3-11-31(12-4-1)49-51-50(54-52(53-49)32-13-5-2-6-14-32)42-24-20-36(30-48(42)56-51)35-22-26-47-45(29-35)44-28-34(21-25-46(44)55-47)33-19-23-41-39-17-8-7-15-37(39)38-16-9-10-18-40(38)43(41)27-33/h1-11,13-31H,12H2. The predicted molar refractivity (Wildman–Crippen MR) is 231 cm³/mol. The molecule has 0 amide bonds. The molecule has 4 heteroatoms. The van der Waals surface area contributed by atoms with Gasteiger partial charge in [-0.15, -0.1) is 0 Å². The van der Waals surface area contributed by atoms with Crippen LogP contribution in [0.15, 0.2) is 185 Å². The summed E-state index contributed by atoms with van der Waals surface area (Å²) in [5, 5.41) is 10.8. The van der Waals surface area contributed by atoms with Crippen LogP contribution in [-0.2, 0) is 0 Å². The van der Waals surface area contributed by atoms with Gasteiger partial charge in [-0.2, -0.15) is 0 Å². The van der Waals surface area contributed by atoms with Gasteiger partial charge in [0.05, 0.1) is 5.69 Å². The minimum Gasteiger partial charge on any atom is -0.456 e. The number of allylic oxidation sites excluding steroid dienone is 4. The molecular weight excluding hydrogens is 685 g/mol. The minimum atomic E-state index is 0.114. The molecule has 3 heterocycles. The molecule has 12 rings (SSSR count). The van der Waals surface area contributed by atoms with Gasteiger partial charge in [-0.3, -0.25) is 0 Å². The Labute approximate surface area is 321 Å². The Morgan fingerprint density at radius 1 is 0.411 bits per heavy atom. The number of rotatable bonds is 4. The summed E-state index contributed by atoms with van der Waals surface area (Å²) >= 11 is 0. The lowest BCUT2D eigenvalue weighted by Gasteiger charge is -2.13. The Balaban J connectivity index is 0.976. The minimum absolute atomic E-state index is 0.114. The van der Waals surface area contributed by atoms with Crippen molar-refractivity contribution >= 4 is 76.3 Å². The fourth-order valence-electron chi connectivity index (χ4n) is 8.82. The lowest BCUT2D eigenvalue weighted by Crippen LogP contribution is -2.03. The zero-order valence-electron chi connectivity index (χ0n) is 30.2. The molecule has 0 radical (unpaired) electrons. The van der Waals surface area contributed by atoms with Crippen LogP contribution < -0.4 is 0 Å². The monoisotopic (exact) mass is 716 g/mol. The first-order valence-corrected chi connectivity index (χ1v) is 19.2. The largest absolute Gasteiger partial charge is 0.456 e. The molecule has 8 aromatic carbocycles. The molecule has 56 heavy (non-hydrogen) atoms. The first-order chi connectivity index (χ1) is 27.7. The van der Waals surface area contributed by atoms with E-state index in [-0.39, 0.29) is 5.92 Å². The van der Waals surface area contributed by atoms with Crippen LogP contribution in [0.2, 0.25) is 0 Å². The third kappa shape index (κ3) is 4.79. The lowest BCUT2D eigenvalue weighted by molar-refractivity contribution is 0.649. The molecule has 0 fully saturated rings. The smallest absolute Gasteiger partial charge is 0.176 e. The quantitative estimate of drug-likeness (QED) is 0.170. The van der Waals surface area contributed by atoms with Crippen molar-refractivity contribution in [1.29, 1.82) is 0 Å². The number of aromatic nitrogens is 2. The summed E-state index contributed by atoms with van der Waals surface area (Å²) in [6.45, 7) is 0. The van der Waals surface area contributed by atoms with Gasteiger partial charge < -0.3 is 8.83 Å². The van der Waals surface area contributed by atoms with Gasteiger partial charge in [-0.05, 0) is 103 Å². The third-order valence-corrected chi connectivity index (χ3v) is 11.6. The Hall–Kier alpha value is -7.30. The van der Waals surface area contributed by atoms with Crippen LogP contribution >= 0.6 is 0 Å². The van der Waals surface area contributed by atoms with Crippen molar-refractivity contribution in [2.45, 2.75) is 12.3 Å². The van der Waals surface area contributed by atoms with E-state index >= 15 is 0 Å². The summed E-state index contributed by atoms with van der Waals surface area (Å²) in [5.41, 5.74) is 10.5. The van der Waals surface area contributed by atoms with Crippen molar-refractivity contribution in [3.05, 3.63) is 182 Å². The molecule has 1 unspecified atom stereocenters. The van der Waals surface area contributed by atoms with E-state index in [4.69, 9.17) is 18.8 Å². The molecule has 0 saturated heterocycles. The van der Waals surface area contributed by atoms with Crippen LogP contribution in [0.3, 0.4) is 0 Å². The summed E-state index contributed by atoms with van der Waals surface area (Å²) in [6.07, 6.45) is 9.44. The highest BCUT2D eigenvalue weighted by Gasteiger charge is 2.22. The zero-order chi connectivity index (χ0) is 36.7. The van der Waals surface area contributed by atoms with E-state index in [1.165, 1.54) is 37.9 Å². The fraction of sp³-hybridized carbons (Fsp3) is 0.0385. The van der Waals surface area contributed by atoms with E-state index in [0.717, 1.165) is 78.4 Å². The average Bonchev–Trinajstić information content (AvgIpc) is 3.84. The Bertz CT molecular complexity index is 3420. The second-order valence-corrected chi connectivity index (χ2v) is 14.8. The molecule has 4 nitrogen and oxygen atoms in total. The second-order valence-electron chi connectivity index (χ2n) is 14.8. The summed E-state index contributed by atoms with van der Waals surface area (Å²) < 4.78 is 13.1. The van der Waals surface area contributed by atoms with Crippen molar-refractivity contribution in [2.24, 2.45) is 0 Å². The van der Waals surface area contributed by atoms with Crippen LogP contribution in [0, 0.1) is 0 Å². The number of benzene rings is 8. The summed E-state index contributed by atoms with van der Waals surface area (Å²) in [6, 6.07) is 54.0. The van der Waals surface area contributed by atoms with Crippen LogP contribution in [-0.4, -0.2) is 9.97 Å². The number of furan rings is 2. The molecule has 1 aliphatic carbocycles. The number of hydrogen-bond acceptors (Lipinski definition) is 4. The highest BCUT2D eigenvalue weighted by atomic mass is 16.3. The molecule has 0 N–H and O–H groups in total. The maximum Gasteiger partial charge on any atom is 0.176 e. The molecule has 3 aromatic heterocycles. The van der Waals surface area contributed by atoms with Crippen molar-refractivity contribution in [3.8, 4) is 33.6 Å². The van der Waals surface area contributed by atoms with E-state index < -0.39 is 0 Å². The van der Waals surface area contributed by atoms with E-state index in [0.29, 0.717) is 5.82 Å². The van der Waals surface area contributed by atoms with Crippen LogP contribution in [0.25, 0.3) is 110 Å². The molecule has 0 bridgehead atoms. The third-order valence-electron chi connectivity index (χ3n) is 11.6. The Morgan fingerprint density at radius 2 is 0.964 bits per heavy atom. The molecule has 262 valence electrons. The van der Waals surface area contributed by atoms with E-state index in [2.05, 4.69) is 158 Å².